The van der Waals surface area contributed by atoms with Crippen LogP contribution in [0.3, 0.4) is 0 Å². The number of benzene rings is 1. The Balaban J connectivity index is 2.08. The van der Waals surface area contributed by atoms with Gasteiger partial charge in [0.15, 0.2) is 5.16 Å². The van der Waals surface area contributed by atoms with Crippen LogP contribution >= 0.6 is 11.8 Å². The van der Waals surface area contributed by atoms with Crippen LogP contribution in [0.25, 0.3) is 0 Å². The molecule has 0 aliphatic carbocycles. The van der Waals surface area contributed by atoms with Gasteiger partial charge in [0.2, 0.25) is 0 Å². The van der Waals surface area contributed by atoms with Crippen LogP contribution in [0.1, 0.15) is 25.0 Å². The normalized spacial score (nSPS) is 11.1. The third kappa shape index (κ3) is 4.47. The highest BCUT2D eigenvalue weighted by Crippen LogP contribution is 2.27. The molecule has 2 aromatic rings. The molecule has 0 amide bonds. The van der Waals surface area contributed by atoms with Crippen LogP contribution in [0.2, 0.25) is 0 Å². The number of hydrogen-bond donors (Lipinski definition) is 1. The van der Waals surface area contributed by atoms with Crippen LogP contribution in [0.15, 0.2) is 29.7 Å². The lowest BCUT2D eigenvalue weighted by molar-refractivity contribution is 0.411. The minimum Gasteiger partial charge on any atom is -0.496 e. The number of aromatic nitrogens is 3. The van der Waals surface area contributed by atoms with E-state index < -0.39 is 0 Å². The molecule has 5 nitrogen and oxygen atoms in total. The molecule has 0 radical (unpaired) electrons. The molecule has 0 aliphatic heterocycles. The number of rotatable bonds is 7. The van der Waals surface area contributed by atoms with E-state index in [1.54, 1.807) is 29.9 Å². The van der Waals surface area contributed by atoms with Crippen molar-refractivity contribution < 1.29 is 4.74 Å². The molecule has 21 heavy (non-hydrogen) atoms. The number of methoxy groups -OCH3 is 1. The summed E-state index contributed by atoms with van der Waals surface area (Å²) in [6.45, 7) is 5.16. The van der Waals surface area contributed by atoms with Gasteiger partial charge < -0.3 is 10.1 Å². The fraction of sp³-hybridized carbons (Fsp3) is 0.467. The Morgan fingerprint density at radius 3 is 2.81 bits per heavy atom. The van der Waals surface area contributed by atoms with Gasteiger partial charge in [-0.3, -0.25) is 0 Å². The summed E-state index contributed by atoms with van der Waals surface area (Å²) in [6, 6.07) is 6.80. The summed E-state index contributed by atoms with van der Waals surface area (Å²) in [4.78, 5) is 4.23. The maximum Gasteiger partial charge on any atom is 0.186 e. The van der Waals surface area contributed by atoms with Crippen LogP contribution < -0.4 is 10.1 Å². The summed E-state index contributed by atoms with van der Waals surface area (Å²) < 4.78 is 7.23. The van der Waals surface area contributed by atoms with Gasteiger partial charge >= 0.3 is 0 Å². The third-order valence-electron chi connectivity index (χ3n) is 3.09. The van der Waals surface area contributed by atoms with E-state index in [4.69, 9.17) is 4.74 Å². The van der Waals surface area contributed by atoms with Crippen LogP contribution in [0.4, 0.5) is 0 Å². The molecular weight excluding hydrogens is 284 g/mol. The Bertz CT molecular complexity index is 583. The lowest BCUT2D eigenvalue weighted by atomic mass is 10.1. The molecule has 0 atom stereocenters. The lowest BCUT2D eigenvalue weighted by Gasteiger charge is -2.12. The van der Waals surface area contributed by atoms with Gasteiger partial charge in [-0.15, -0.1) is 0 Å². The van der Waals surface area contributed by atoms with Crippen molar-refractivity contribution >= 4 is 11.8 Å². The molecule has 1 aromatic carbocycles. The first kappa shape index (κ1) is 15.9. The van der Waals surface area contributed by atoms with Crippen molar-refractivity contribution in [2.75, 3.05) is 7.11 Å². The smallest absolute Gasteiger partial charge is 0.186 e. The predicted molar refractivity (Wildman–Crippen MR) is 85.5 cm³/mol. The highest BCUT2D eigenvalue weighted by atomic mass is 32.2. The van der Waals surface area contributed by atoms with Gasteiger partial charge in [0, 0.05) is 31.0 Å². The topological polar surface area (TPSA) is 52.0 Å². The number of ether oxygens (including phenoxy) is 1. The fourth-order valence-electron chi connectivity index (χ4n) is 1.94. The fourth-order valence-corrected chi connectivity index (χ4v) is 2.80. The van der Waals surface area contributed by atoms with E-state index in [1.807, 2.05) is 13.1 Å². The Morgan fingerprint density at radius 1 is 1.38 bits per heavy atom. The first-order valence-electron chi connectivity index (χ1n) is 6.96. The second kappa shape index (κ2) is 7.47. The van der Waals surface area contributed by atoms with Crippen LogP contribution in [0.5, 0.6) is 5.75 Å². The van der Waals surface area contributed by atoms with Gasteiger partial charge in [-0.05, 0) is 17.7 Å². The zero-order valence-corrected chi connectivity index (χ0v) is 13.8. The largest absolute Gasteiger partial charge is 0.496 e. The zero-order chi connectivity index (χ0) is 15.2. The van der Waals surface area contributed by atoms with Gasteiger partial charge in [-0.25, -0.2) is 9.67 Å². The Morgan fingerprint density at radius 2 is 2.19 bits per heavy atom. The summed E-state index contributed by atoms with van der Waals surface area (Å²) in [6.07, 6.45) is 1.57. The van der Waals surface area contributed by atoms with Gasteiger partial charge in [0.1, 0.15) is 12.1 Å². The van der Waals surface area contributed by atoms with E-state index in [2.05, 4.69) is 41.4 Å². The lowest BCUT2D eigenvalue weighted by Crippen LogP contribution is -2.21. The molecule has 2 rings (SSSR count). The van der Waals surface area contributed by atoms with E-state index in [-0.39, 0.29) is 0 Å². The number of aryl methyl sites for hydroxylation is 1. The third-order valence-corrected chi connectivity index (χ3v) is 4.17. The second-order valence-corrected chi connectivity index (χ2v) is 6.08. The highest BCUT2D eigenvalue weighted by molar-refractivity contribution is 7.98. The van der Waals surface area contributed by atoms with Crippen molar-refractivity contribution in [2.45, 2.75) is 37.3 Å². The van der Waals surface area contributed by atoms with Gasteiger partial charge in [-0.1, -0.05) is 31.7 Å². The van der Waals surface area contributed by atoms with Gasteiger partial charge in [0.05, 0.1) is 7.11 Å². The van der Waals surface area contributed by atoms with Gasteiger partial charge in [-0.2, -0.15) is 5.10 Å². The van der Waals surface area contributed by atoms with Crippen molar-refractivity contribution in [3.8, 4) is 5.75 Å². The minimum absolute atomic E-state index is 0.476. The quantitative estimate of drug-likeness (QED) is 0.797. The molecule has 6 heteroatoms. The SMILES string of the molecule is COc1ccc(CNC(C)C)cc1CSc1ncnn1C. The van der Waals surface area contributed by atoms with Crippen molar-refractivity contribution in [1.29, 1.82) is 0 Å². The Labute approximate surface area is 130 Å². The molecule has 1 aromatic heterocycles. The first-order valence-corrected chi connectivity index (χ1v) is 7.94. The van der Waals surface area contributed by atoms with E-state index >= 15 is 0 Å². The molecule has 0 fully saturated rings. The molecule has 0 saturated carbocycles. The monoisotopic (exact) mass is 306 g/mol. The minimum atomic E-state index is 0.476. The maximum atomic E-state index is 5.45. The zero-order valence-electron chi connectivity index (χ0n) is 13.0. The number of thioether (sulfide) groups is 1. The summed E-state index contributed by atoms with van der Waals surface area (Å²) in [5, 5.41) is 8.42. The maximum absolute atomic E-state index is 5.45. The summed E-state index contributed by atoms with van der Waals surface area (Å²) >= 11 is 1.66. The van der Waals surface area contributed by atoms with Crippen LogP contribution in [0, 0.1) is 0 Å². The molecule has 0 unspecified atom stereocenters. The molecule has 1 N–H and O–H groups in total. The number of nitrogens with zero attached hydrogens (tertiary/aromatic N) is 3. The molecule has 0 spiro atoms. The van der Waals surface area contributed by atoms with Gasteiger partial charge in [0.25, 0.3) is 0 Å². The summed E-state index contributed by atoms with van der Waals surface area (Å²) in [5.74, 6) is 1.73. The van der Waals surface area contributed by atoms with Crippen molar-refractivity contribution in [3.63, 3.8) is 0 Å². The highest BCUT2D eigenvalue weighted by Gasteiger charge is 2.08. The van der Waals surface area contributed by atoms with E-state index in [0.29, 0.717) is 6.04 Å². The van der Waals surface area contributed by atoms with Crippen molar-refractivity contribution in [2.24, 2.45) is 7.05 Å². The predicted octanol–water partition coefficient (Wildman–Crippen LogP) is 2.61. The van der Waals surface area contributed by atoms with E-state index in [0.717, 1.165) is 23.2 Å². The molecule has 0 saturated heterocycles. The second-order valence-electron chi connectivity index (χ2n) is 5.14. The van der Waals surface area contributed by atoms with Crippen molar-refractivity contribution in [3.05, 3.63) is 35.7 Å². The van der Waals surface area contributed by atoms with Crippen molar-refractivity contribution in [1.82, 2.24) is 20.1 Å². The average molecular weight is 306 g/mol. The van der Waals surface area contributed by atoms with Crippen LogP contribution in [-0.4, -0.2) is 27.9 Å². The first-order chi connectivity index (χ1) is 10.1. The average Bonchev–Trinajstić information content (AvgIpc) is 2.88. The molecule has 114 valence electrons. The Hall–Kier alpha value is -1.53. The summed E-state index contributed by atoms with van der Waals surface area (Å²) in [5.41, 5.74) is 2.44. The van der Waals surface area contributed by atoms with Crippen LogP contribution in [-0.2, 0) is 19.3 Å². The van der Waals surface area contributed by atoms with E-state index in [1.165, 1.54) is 11.1 Å². The molecular formula is C15H22N4OS. The van der Waals surface area contributed by atoms with E-state index in [9.17, 15) is 0 Å². The number of nitrogens with one attached hydrogen (secondary N) is 1. The molecule has 0 bridgehead atoms. The summed E-state index contributed by atoms with van der Waals surface area (Å²) in [7, 11) is 3.60. The number of hydrogen-bond acceptors (Lipinski definition) is 5. The molecule has 0 aliphatic rings. The standard InChI is InChI=1S/C15H22N4OS/c1-11(2)16-8-12-5-6-14(20-4)13(7-12)9-21-15-17-10-18-19(15)3/h5-7,10-11,16H,8-9H2,1-4H3. The molecule has 1 heterocycles. The Kier molecular flexibility index (Phi) is 5.64.